The maximum absolute atomic E-state index is 12.0. The minimum atomic E-state index is -0.0586. The summed E-state index contributed by atoms with van der Waals surface area (Å²) in [6, 6.07) is -0.0586. The Balaban J connectivity index is 2.36. The molecule has 1 amide bonds. The minimum absolute atomic E-state index is 0.0586. The molecule has 0 aromatic rings. The van der Waals surface area contributed by atoms with E-state index >= 15 is 0 Å². The summed E-state index contributed by atoms with van der Waals surface area (Å²) >= 11 is 0. The van der Waals surface area contributed by atoms with Crippen molar-refractivity contribution >= 4 is 5.91 Å². The number of carbonyl (C=O) groups is 1. The number of amides is 1. The topological polar surface area (TPSA) is 53.6 Å². The molecule has 5 heteroatoms. The second kappa shape index (κ2) is 9.28. The van der Waals surface area contributed by atoms with E-state index in [9.17, 15) is 4.79 Å². The molecule has 1 heterocycles. The average Bonchev–Trinajstić information content (AvgIpc) is 2.45. The van der Waals surface area contributed by atoms with Crippen LogP contribution in [-0.2, 0) is 9.53 Å². The van der Waals surface area contributed by atoms with E-state index in [0.29, 0.717) is 13.2 Å². The molecular formula is C14H29N3O2. The van der Waals surface area contributed by atoms with E-state index in [1.165, 1.54) is 12.8 Å². The second-order valence-electron chi connectivity index (χ2n) is 5.24. The molecule has 1 aliphatic heterocycles. The number of rotatable bonds is 8. The first-order valence-corrected chi connectivity index (χ1v) is 7.40. The zero-order valence-corrected chi connectivity index (χ0v) is 12.6. The summed E-state index contributed by atoms with van der Waals surface area (Å²) in [5.41, 5.74) is 0. The maximum atomic E-state index is 12.0. The maximum Gasteiger partial charge on any atom is 0.237 e. The lowest BCUT2D eigenvalue weighted by Crippen LogP contribution is -2.48. The number of hydrogen-bond acceptors (Lipinski definition) is 4. The normalized spacial score (nSPS) is 18.5. The van der Waals surface area contributed by atoms with Crippen LogP contribution in [0.1, 0.15) is 26.7 Å². The summed E-state index contributed by atoms with van der Waals surface area (Å²) in [7, 11) is 1.64. The lowest BCUT2D eigenvalue weighted by molar-refractivity contribution is -0.126. The average molecular weight is 271 g/mol. The lowest BCUT2D eigenvalue weighted by Gasteiger charge is -2.32. The first-order valence-electron chi connectivity index (χ1n) is 7.40. The van der Waals surface area contributed by atoms with Gasteiger partial charge in [-0.3, -0.25) is 9.69 Å². The molecule has 0 radical (unpaired) electrons. The molecule has 1 unspecified atom stereocenters. The van der Waals surface area contributed by atoms with Crippen LogP contribution in [0, 0.1) is 5.92 Å². The predicted molar refractivity (Wildman–Crippen MR) is 77.2 cm³/mol. The quantitative estimate of drug-likeness (QED) is 0.630. The van der Waals surface area contributed by atoms with Crippen LogP contribution in [0.15, 0.2) is 0 Å². The van der Waals surface area contributed by atoms with Gasteiger partial charge in [0.05, 0.1) is 12.6 Å². The van der Waals surface area contributed by atoms with Crippen molar-refractivity contribution in [2.24, 2.45) is 5.92 Å². The third kappa shape index (κ3) is 5.89. The second-order valence-corrected chi connectivity index (χ2v) is 5.24. The number of hydrogen-bond donors (Lipinski definition) is 2. The number of likely N-dealkylation sites (N-methyl/N-ethyl adjacent to an activating group) is 1. The number of nitrogens with zero attached hydrogens (tertiary/aromatic N) is 1. The van der Waals surface area contributed by atoms with Gasteiger partial charge in [0, 0.05) is 20.2 Å². The third-order valence-electron chi connectivity index (χ3n) is 3.89. The van der Waals surface area contributed by atoms with Gasteiger partial charge in [0.15, 0.2) is 0 Å². The van der Waals surface area contributed by atoms with E-state index in [1.54, 1.807) is 7.11 Å². The minimum Gasteiger partial charge on any atom is -0.383 e. The highest BCUT2D eigenvalue weighted by Gasteiger charge is 2.23. The standard InChI is InChI=1S/C14H29N3O2/c1-4-17(11-13-5-7-15-8-6-13)12(2)14(18)16-9-10-19-3/h12-13,15H,4-11H2,1-3H3,(H,16,18). The molecule has 19 heavy (non-hydrogen) atoms. The molecule has 1 saturated heterocycles. The monoisotopic (exact) mass is 271 g/mol. The van der Waals surface area contributed by atoms with Crippen molar-refractivity contribution in [2.75, 3.05) is 46.4 Å². The van der Waals surface area contributed by atoms with Gasteiger partial charge in [0.2, 0.25) is 5.91 Å². The number of carbonyl (C=O) groups excluding carboxylic acids is 1. The van der Waals surface area contributed by atoms with Gasteiger partial charge in [-0.25, -0.2) is 0 Å². The van der Waals surface area contributed by atoms with Gasteiger partial charge < -0.3 is 15.4 Å². The molecule has 1 rings (SSSR count). The fraction of sp³-hybridized carbons (Fsp3) is 0.929. The van der Waals surface area contributed by atoms with Crippen molar-refractivity contribution in [1.29, 1.82) is 0 Å². The molecule has 0 aromatic carbocycles. The fourth-order valence-electron chi connectivity index (χ4n) is 2.55. The summed E-state index contributed by atoms with van der Waals surface area (Å²) in [5, 5.41) is 6.30. The zero-order valence-electron chi connectivity index (χ0n) is 12.6. The van der Waals surface area contributed by atoms with Crippen LogP contribution in [0.25, 0.3) is 0 Å². The van der Waals surface area contributed by atoms with E-state index in [2.05, 4.69) is 22.5 Å². The van der Waals surface area contributed by atoms with Gasteiger partial charge in [-0.2, -0.15) is 0 Å². The van der Waals surface area contributed by atoms with Gasteiger partial charge >= 0.3 is 0 Å². The summed E-state index contributed by atoms with van der Waals surface area (Å²) < 4.78 is 4.95. The molecule has 0 aromatic heterocycles. The molecule has 5 nitrogen and oxygen atoms in total. The van der Waals surface area contributed by atoms with Crippen molar-refractivity contribution in [3.63, 3.8) is 0 Å². The smallest absolute Gasteiger partial charge is 0.237 e. The van der Waals surface area contributed by atoms with E-state index in [4.69, 9.17) is 4.74 Å². The molecule has 2 N–H and O–H groups in total. The largest absolute Gasteiger partial charge is 0.383 e. The van der Waals surface area contributed by atoms with Crippen LogP contribution < -0.4 is 10.6 Å². The van der Waals surface area contributed by atoms with Crippen LogP contribution in [-0.4, -0.2) is 63.3 Å². The van der Waals surface area contributed by atoms with Gasteiger partial charge in [-0.15, -0.1) is 0 Å². The Labute approximate surface area is 117 Å². The molecule has 1 aliphatic rings. The Kier molecular flexibility index (Phi) is 8.02. The van der Waals surface area contributed by atoms with E-state index in [0.717, 1.165) is 32.1 Å². The number of piperidine rings is 1. The molecular weight excluding hydrogens is 242 g/mol. The third-order valence-corrected chi connectivity index (χ3v) is 3.89. The van der Waals surface area contributed by atoms with E-state index in [-0.39, 0.29) is 11.9 Å². The van der Waals surface area contributed by atoms with Crippen LogP contribution in [0.4, 0.5) is 0 Å². The molecule has 0 bridgehead atoms. The summed E-state index contributed by atoms with van der Waals surface area (Å²) in [6.07, 6.45) is 2.43. The molecule has 1 fully saturated rings. The van der Waals surface area contributed by atoms with Crippen molar-refractivity contribution in [1.82, 2.24) is 15.5 Å². The Morgan fingerprint density at radius 1 is 1.47 bits per heavy atom. The highest BCUT2D eigenvalue weighted by Crippen LogP contribution is 2.15. The SMILES string of the molecule is CCN(CC1CCNCC1)C(C)C(=O)NCCOC. The lowest BCUT2D eigenvalue weighted by atomic mass is 9.97. The molecule has 0 saturated carbocycles. The first kappa shape index (κ1) is 16.4. The van der Waals surface area contributed by atoms with Crippen molar-refractivity contribution in [2.45, 2.75) is 32.7 Å². The van der Waals surface area contributed by atoms with Crippen molar-refractivity contribution in [3.8, 4) is 0 Å². The van der Waals surface area contributed by atoms with Gasteiger partial charge in [-0.05, 0) is 45.3 Å². The number of ether oxygens (including phenoxy) is 1. The van der Waals surface area contributed by atoms with E-state index < -0.39 is 0 Å². The highest BCUT2D eigenvalue weighted by atomic mass is 16.5. The Hall–Kier alpha value is -0.650. The van der Waals surface area contributed by atoms with E-state index in [1.807, 2.05) is 6.92 Å². The number of nitrogens with one attached hydrogen (secondary N) is 2. The van der Waals surface area contributed by atoms with Gasteiger partial charge in [-0.1, -0.05) is 6.92 Å². The highest BCUT2D eigenvalue weighted by molar-refractivity contribution is 5.81. The Morgan fingerprint density at radius 2 is 2.16 bits per heavy atom. The summed E-state index contributed by atoms with van der Waals surface area (Å²) in [4.78, 5) is 14.3. The van der Waals surface area contributed by atoms with Crippen LogP contribution in [0.3, 0.4) is 0 Å². The van der Waals surface area contributed by atoms with Gasteiger partial charge in [0.1, 0.15) is 0 Å². The molecule has 112 valence electrons. The van der Waals surface area contributed by atoms with Gasteiger partial charge in [0.25, 0.3) is 0 Å². The molecule has 1 atom stereocenters. The predicted octanol–water partition coefficient (Wildman–Crippen LogP) is 0.459. The van der Waals surface area contributed by atoms with Crippen LogP contribution in [0.2, 0.25) is 0 Å². The first-order chi connectivity index (χ1) is 9.19. The Bertz CT molecular complexity index is 255. The van der Waals surface area contributed by atoms with Crippen LogP contribution in [0.5, 0.6) is 0 Å². The fourth-order valence-corrected chi connectivity index (χ4v) is 2.55. The molecule has 0 spiro atoms. The summed E-state index contributed by atoms with van der Waals surface area (Å²) in [5.74, 6) is 0.822. The summed E-state index contributed by atoms with van der Waals surface area (Å²) in [6.45, 7) is 9.43. The number of methoxy groups -OCH3 is 1. The Morgan fingerprint density at radius 3 is 2.74 bits per heavy atom. The van der Waals surface area contributed by atoms with Crippen molar-refractivity contribution in [3.05, 3.63) is 0 Å². The zero-order chi connectivity index (χ0) is 14.1. The molecule has 0 aliphatic carbocycles. The van der Waals surface area contributed by atoms with Crippen molar-refractivity contribution < 1.29 is 9.53 Å². The van der Waals surface area contributed by atoms with Crippen LogP contribution >= 0.6 is 0 Å².